The summed E-state index contributed by atoms with van der Waals surface area (Å²) < 4.78 is 79.2. The molecule has 0 unspecified atom stereocenters. The van der Waals surface area contributed by atoms with Gasteiger partial charge in [0.25, 0.3) is 0 Å². The van der Waals surface area contributed by atoms with Crippen molar-refractivity contribution in [3.8, 4) is 0 Å². The predicted molar refractivity (Wildman–Crippen MR) is 455 cm³/mol. The highest BCUT2D eigenvalue weighted by molar-refractivity contribution is 4.90. The van der Waals surface area contributed by atoms with Gasteiger partial charge in [0.1, 0.15) is 34.0 Å². The second-order valence-electron chi connectivity index (χ2n) is 40.1. The molecule has 0 heterocycles. The van der Waals surface area contributed by atoms with Crippen molar-refractivity contribution in [1.29, 1.82) is 0 Å². The van der Waals surface area contributed by atoms with Crippen LogP contribution in [0.1, 0.15) is 489 Å². The van der Waals surface area contributed by atoms with Gasteiger partial charge in [-0.2, -0.15) is 0 Å². The minimum atomic E-state index is -1.04. The SMILES string of the molecule is CC(C)(C)C.CC(C)C(C(C)C)C(C)(C)F.CC(C)C(C)(C)C.CCC(C)(C)C.CCC(C)(CC)C(C)(C)C.CCC(C)(CC)[C@@](C)(F)CC.CCC(C)(F)CC.CCC(CC)C(C)(C)C.CCC(CC)[C@@](C)(F)CC.CCCC(C)(C)C.CCC[C@@](C)(F)CC.CC[C@](C)(F)C(C)C. The van der Waals surface area contributed by atoms with Crippen molar-refractivity contribution in [2.24, 2.45) is 84.7 Å². The zero-order valence-electron chi connectivity index (χ0n) is 79.7. The fraction of sp³-hybridized carbons (Fsp3) is 1.00. The molecule has 0 aliphatic heterocycles. The van der Waals surface area contributed by atoms with E-state index in [0.29, 0.717) is 94.7 Å². The van der Waals surface area contributed by atoms with Crippen molar-refractivity contribution in [3.63, 3.8) is 0 Å². The minimum absolute atomic E-state index is 0.137. The molecule has 0 aromatic heterocycles. The summed E-state index contributed by atoms with van der Waals surface area (Å²) in [4.78, 5) is 0. The average Bonchev–Trinajstić information content (AvgIpc) is 0.837. The summed E-state index contributed by atoms with van der Waals surface area (Å²) in [5.74, 6) is 3.11. The highest BCUT2D eigenvalue weighted by Crippen LogP contribution is 2.44. The van der Waals surface area contributed by atoms with Crippen molar-refractivity contribution in [2.75, 3.05) is 0 Å². The van der Waals surface area contributed by atoms with Gasteiger partial charge >= 0.3 is 0 Å². The molecule has 0 N–H and O–H groups in total. The fourth-order valence-electron chi connectivity index (χ4n) is 10.1. The summed E-state index contributed by atoms with van der Waals surface area (Å²) in [6, 6.07) is 0. The summed E-state index contributed by atoms with van der Waals surface area (Å²) >= 11 is 0. The van der Waals surface area contributed by atoms with Crippen molar-refractivity contribution < 1.29 is 26.3 Å². The van der Waals surface area contributed by atoms with Crippen molar-refractivity contribution >= 4 is 0 Å². The van der Waals surface area contributed by atoms with Crippen LogP contribution in [0.5, 0.6) is 0 Å². The fourth-order valence-corrected chi connectivity index (χ4v) is 10.1. The summed E-state index contributed by atoms with van der Waals surface area (Å²) in [5, 5.41) is 0. The quantitative estimate of drug-likeness (QED) is 0.0895. The predicted octanol–water partition coefficient (Wildman–Crippen LogP) is 36.8. The van der Waals surface area contributed by atoms with Gasteiger partial charge in [0.2, 0.25) is 0 Å². The Labute approximate surface area is 630 Å². The first-order chi connectivity index (χ1) is 43.5. The summed E-state index contributed by atoms with van der Waals surface area (Å²) in [6.07, 6.45) is 18.3. The van der Waals surface area contributed by atoms with E-state index in [4.69, 9.17) is 0 Å². The number of hydrogen-bond acceptors (Lipinski definition) is 0. The Balaban J connectivity index is -0.0000000839. The third-order valence-electron chi connectivity index (χ3n) is 22.5. The number of alkyl halides is 6. The molecule has 99 heavy (non-hydrogen) atoms. The van der Waals surface area contributed by atoms with Crippen LogP contribution in [0, 0.1) is 84.7 Å². The molecule has 0 aromatic carbocycles. The Kier molecular flexibility index (Phi) is 75.4. The van der Waals surface area contributed by atoms with Crippen molar-refractivity contribution in [3.05, 3.63) is 0 Å². The van der Waals surface area contributed by atoms with E-state index in [1.54, 1.807) is 48.5 Å². The molecule has 0 saturated heterocycles. The molecule has 4 atom stereocenters. The maximum Gasteiger partial charge on any atom is 0.113 e. The highest BCUT2D eigenvalue weighted by atomic mass is 19.2. The van der Waals surface area contributed by atoms with Crippen LogP contribution in [0.2, 0.25) is 0 Å². The van der Waals surface area contributed by atoms with Crippen LogP contribution in [0.15, 0.2) is 0 Å². The largest absolute Gasteiger partial charge is 0.244 e. The van der Waals surface area contributed by atoms with Gasteiger partial charge in [0.05, 0.1) is 0 Å². The molecular weight excluding hydrogens is 1230 g/mol. The van der Waals surface area contributed by atoms with Crippen LogP contribution in [-0.4, -0.2) is 34.0 Å². The first kappa shape index (κ1) is 125. The average molecular weight is 1440 g/mol. The van der Waals surface area contributed by atoms with Gasteiger partial charge in [-0.25, -0.2) is 26.3 Å². The molecule has 0 bridgehead atoms. The normalized spacial score (nSPS) is 14.7. The number of hydrogen-bond donors (Lipinski definition) is 0. The maximum atomic E-state index is 13.9. The zero-order chi connectivity index (χ0) is 83.5. The third-order valence-corrected chi connectivity index (χ3v) is 22.5. The van der Waals surface area contributed by atoms with Crippen LogP contribution >= 0.6 is 0 Å². The molecule has 0 radical (unpaired) electrons. The second kappa shape index (κ2) is 59.6. The lowest BCUT2D eigenvalue weighted by Gasteiger charge is -2.40. The second-order valence-corrected chi connectivity index (χ2v) is 40.1. The Bertz CT molecular complexity index is 1620. The maximum absolute atomic E-state index is 13.9. The Morgan fingerprint density at radius 1 is 0.263 bits per heavy atom. The molecule has 0 aliphatic carbocycles. The highest BCUT2D eigenvalue weighted by Gasteiger charge is 2.41. The van der Waals surface area contributed by atoms with Crippen LogP contribution in [0.25, 0.3) is 0 Å². The lowest BCUT2D eigenvalue weighted by Crippen LogP contribution is -2.38. The van der Waals surface area contributed by atoms with E-state index >= 15 is 0 Å². The van der Waals surface area contributed by atoms with Gasteiger partial charge in [-0.1, -0.05) is 376 Å². The standard InChI is InChI=1S/2C10H21F.C10H22.C9H19F.C9H20.2C7H15F.2C7H16.C6H13F.C6H14.C5H12/c1-7(2)9(8(3)4)10(5,6)11;1-6-9(4,7-2)10(5,11)8-3;1-7-10(6,8-2)9(3,4)5;1-5-8(6-2)9(4,10)7-3;1-6-8(7-2)9(3,4)5;1-5-7(4,8)6(2)3;1-4-6-7(3,8)5-2;1-6(2)7(3,4)5;1-5-6-7(2,3)4;1-4-6(3,7)5-2;1-5-6(2,3)4;1-5(2,3)4/h7-9H,1-6H3;6-8H2,1-5H3;7-8H2,1-6H3;8H,5-7H2,1-4H3;8H,6-7H2,1-5H3;6H,5H2,1-4H3;4-6H2,1-3H3;6H,1-5H3;5-6H2,1-4H3;4-5H2,1-3H3;5H2,1-4H3;1-4H3/t;10-;;9-;;2*7-;;;;;/m.0.0.00...../s1. The molecule has 6 heteroatoms. The summed E-state index contributed by atoms with van der Waals surface area (Å²) in [7, 11) is 0. The Morgan fingerprint density at radius 2 is 0.525 bits per heavy atom. The van der Waals surface area contributed by atoms with Crippen molar-refractivity contribution in [1.82, 2.24) is 0 Å². The lowest BCUT2D eigenvalue weighted by molar-refractivity contribution is 0.00941. The lowest BCUT2D eigenvalue weighted by atomic mass is 9.65. The smallest absolute Gasteiger partial charge is 0.113 e. The first-order valence-corrected chi connectivity index (χ1v) is 41.6. The van der Waals surface area contributed by atoms with E-state index in [1.165, 1.54) is 44.9 Å². The van der Waals surface area contributed by atoms with E-state index in [9.17, 15) is 26.3 Å². The molecule has 0 rings (SSSR count). The molecule has 0 saturated carbocycles. The van der Waals surface area contributed by atoms with Gasteiger partial charge in [0.15, 0.2) is 0 Å². The minimum Gasteiger partial charge on any atom is -0.244 e. The monoisotopic (exact) mass is 1440 g/mol. The summed E-state index contributed by atoms with van der Waals surface area (Å²) in [5.41, 5.74) is -2.32. The van der Waals surface area contributed by atoms with Crippen LogP contribution in [0.4, 0.5) is 26.3 Å². The topological polar surface area (TPSA) is 0 Å². The van der Waals surface area contributed by atoms with Gasteiger partial charge < -0.3 is 0 Å². The molecule has 0 spiro atoms. The van der Waals surface area contributed by atoms with Gasteiger partial charge in [0, 0.05) is 5.41 Å². The first-order valence-electron chi connectivity index (χ1n) is 41.6. The van der Waals surface area contributed by atoms with E-state index in [2.05, 4.69) is 249 Å². The van der Waals surface area contributed by atoms with Gasteiger partial charge in [-0.3, -0.25) is 0 Å². The van der Waals surface area contributed by atoms with Crippen LogP contribution < -0.4 is 0 Å². The van der Waals surface area contributed by atoms with Gasteiger partial charge in [-0.15, -0.1) is 0 Å². The van der Waals surface area contributed by atoms with E-state index in [1.807, 2.05) is 69.2 Å². The number of halogens is 6. The molecule has 0 aliphatic rings. The van der Waals surface area contributed by atoms with Crippen LogP contribution in [0.3, 0.4) is 0 Å². The Morgan fingerprint density at radius 3 is 0.556 bits per heavy atom. The molecule has 0 nitrogen and oxygen atoms in total. The van der Waals surface area contributed by atoms with Crippen molar-refractivity contribution in [2.45, 2.75) is 523 Å². The molecular formula is C93H204F6. The number of rotatable bonds is 23. The van der Waals surface area contributed by atoms with Crippen LogP contribution in [-0.2, 0) is 0 Å². The van der Waals surface area contributed by atoms with E-state index in [-0.39, 0.29) is 23.2 Å². The molecule has 0 fully saturated rings. The van der Waals surface area contributed by atoms with E-state index in [0.717, 1.165) is 43.9 Å². The third kappa shape index (κ3) is 81.5. The molecule has 618 valence electrons. The summed E-state index contributed by atoms with van der Waals surface area (Å²) in [6.45, 7) is 111. The molecule has 0 aromatic rings. The Hall–Kier alpha value is -0.420. The molecule has 0 amide bonds. The van der Waals surface area contributed by atoms with Gasteiger partial charge in [-0.05, 0) is 192 Å². The zero-order valence-corrected chi connectivity index (χ0v) is 79.7. The van der Waals surface area contributed by atoms with E-state index < -0.39 is 34.0 Å².